The number of pyridine rings is 1. The summed E-state index contributed by atoms with van der Waals surface area (Å²) in [5.74, 6) is 0. The van der Waals surface area contributed by atoms with E-state index in [1.54, 1.807) is 30.6 Å². The summed E-state index contributed by atoms with van der Waals surface area (Å²) in [7, 11) is -3.82. The standard InChI is InChI=1S/C26H29F3N4O3S2/c1-25(34,26(27,28)29)20-8-10-21(11-9-20)33-14-13-32(38(35,36)24-7-3-2-6-23(24)37)18-22(33)17-31-16-19-5-4-12-30-15-19/h2-12,15,22,31,34,37H,13-14,16-18H2,1H3/t22-,25?/m0/s1. The lowest BCUT2D eigenvalue weighted by molar-refractivity contribution is -0.258. The maximum atomic E-state index is 13.4. The van der Waals surface area contributed by atoms with E-state index in [1.165, 1.54) is 34.6 Å². The van der Waals surface area contributed by atoms with E-state index < -0.39 is 21.8 Å². The van der Waals surface area contributed by atoms with E-state index >= 15 is 0 Å². The largest absolute Gasteiger partial charge is 0.421 e. The Labute approximate surface area is 225 Å². The van der Waals surface area contributed by atoms with E-state index in [0.29, 0.717) is 30.2 Å². The van der Waals surface area contributed by atoms with Crippen molar-refractivity contribution in [3.05, 3.63) is 84.2 Å². The number of anilines is 1. The molecule has 1 aliphatic heterocycles. The first-order valence-electron chi connectivity index (χ1n) is 12.0. The molecule has 0 spiro atoms. The van der Waals surface area contributed by atoms with Crippen molar-refractivity contribution in [3.63, 3.8) is 0 Å². The molecule has 0 aliphatic carbocycles. The number of aliphatic hydroxyl groups is 1. The van der Waals surface area contributed by atoms with Crippen LogP contribution in [0.5, 0.6) is 0 Å². The zero-order chi connectivity index (χ0) is 27.6. The van der Waals surface area contributed by atoms with E-state index in [1.807, 2.05) is 17.0 Å². The summed E-state index contributed by atoms with van der Waals surface area (Å²) in [5.41, 5.74) is -1.66. The molecule has 1 aliphatic rings. The molecular formula is C26H29F3N4O3S2. The normalized spacial score (nSPS) is 18.8. The minimum Gasteiger partial charge on any atom is -0.376 e. The van der Waals surface area contributed by atoms with Gasteiger partial charge < -0.3 is 15.3 Å². The maximum absolute atomic E-state index is 13.4. The quantitative estimate of drug-likeness (QED) is 0.360. The average Bonchev–Trinajstić information content (AvgIpc) is 2.89. The van der Waals surface area contributed by atoms with Crippen molar-refractivity contribution in [2.45, 2.75) is 41.1 Å². The highest BCUT2D eigenvalue weighted by Gasteiger charge is 2.51. The first kappa shape index (κ1) is 28.4. The molecule has 3 aromatic rings. The summed E-state index contributed by atoms with van der Waals surface area (Å²) < 4.78 is 68.2. The number of nitrogens with zero attached hydrogens (tertiary/aromatic N) is 3. The molecule has 1 saturated heterocycles. The third-order valence-electron chi connectivity index (χ3n) is 6.67. The van der Waals surface area contributed by atoms with E-state index in [0.717, 1.165) is 12.5 Å². The molecule has 7 nitrogen and oxygen atoms in total. The molecule has 12 heteroatoms. The highest BCUT2D eigenvalue weighted by atomic mass is 32.2. The van der Waals surface area contributed by atoms with Gasteiger partial charge in [-0.25, -0.2) is 8.42 Å². The molecule has 2 heterocycles. The minimum absolute atomic E-state index is 0.123. The van der Waals surface area contributed by atoms with Crippen LogP contribution in [0.3, 0.4) is 0 Å². The van der Waals surface area contributed by atoms with Gasteiger partial charge in [0, 0.05) is 55.7 Å². The van der Waals surface area contributed by atoms with Crippen LogP contribution in [-0.2, 0) is 22.2 Å². The Balaban J connectivity index is 1.58. The molecule has 1 aromatic heterocycles. The van der Waals surface area contributed by atoms with Crippen molar-refractivity contribution in [2.24, 2.45) is 0 Å². The summed E-state index contributed by atoms with van der Waals surface area (Å²) in [6.45, 7) is 2.31. The predicted octanol–water partition coefficient (Wildman–Crippen LogP) is 3.81. The van der Waals surface area contributed by atoms with Gasteiger partial charge in [0.25, 0.3) is 0 Å². The monoisotopic (exact) mass is 566 g/mol. The fourth-order valence-electron chi connectivity index (χ4n) is 4.40. The third-order valence-corrected chi connectivity index (χ3v) is 9.14. The molecule has 1 unspecified atom stereocenters. The molecule has 4 rings (SSSR count). The van der Waals surface area contributed by atoms with E-state index in [9.17, 15) is 26.7 Å². The van der Waals surface area contributed by atoms with E-state index in [4.69, 9.17) is 0 Å². The molecule has 0 bridgehead atoms. The molecule has 2 aromatic carbocycles. The van der Waals surface area contributed by atoms with Crippen LogP contribution in [0.4, 0.5) is 18.9 Å². The van der Waals surface area contributed by atoms with Gasteiger partial charge in [-0.15, -0.1) is 12.6 Å². The number of hydrogen-bond acceptors (Lipinski definition) is 7. The Morgan fingerprint density at radius 1 is 1.08 bits per heavy atom. The van der Waals surface area contributed by atoms with Crippen LogP contribution in [-0.4, -0.2) is 61.2 Å². The molecule has 0 saturated carbocycles. The van der Waals surface area contributed by atoms with Crippen LogP contribution in [0.1, 0.15) is 18.1 Å². The number of rotatable bonds is 8. The van der Waals surface area contributed by atoms with Crippen molar-refractivity contribution in [2.75, 3.05) is 31.1 Å². The van der Waals surface area contributed by atoms with Gasteiger partial charge in [0.1, 0.15) is 0 Å². The third kappa shape index (κ3) is 5.99. The molecule has 0 radical (unpaired) electrons. The maximum Gasteiger partial charge on any atom is 0.421 e. The zero-order valence-corrected chi connectivity index (χ0v) is 22.3. The predicted molar refractivity (Wildman–Crippen MR) is 142 cm³/mol. The van der Waals surface area contributed by atoms with Gasteiger partial charge in [-0.05, 0) is 48.4 Å². The number of hydrogen-bond donors (Lipinski definition) is 3. The highest BCUT2D eigenvalue weighted by molar-refractivity contribution is 7.90. The summed E-state index contributed by atoms with van der Waals surface area (Å²) in [6.07, 6.45) is -1.41. The van der Waals surface area contributed by atoms with Gasteiger partial charge in [-0.3, -0.25) is 4.98 Å². The van der Waals surface area contributed by atoms with Gasteiger partial charge in [0.05, 0.1) is 10.9 Å². The Kier molecular flexibility index (Phi) is 8.38. The van der Waals surface area contributed by atoms with Crippen LogP contribution >= 0.6 is 12.6 Å². The lowest BCUT2D eigenvalue weighted by Crippen LogP contribution is -2.58. The molecule has 2 atom stereocenters. The SMILES string of the molecule is CC(O)(c1ccc(N2CCN(S(=O)(=O)c3ccccc3S)C[C@@H]2CNCc2cccnc2)cc1)C(F)(F)F. The Morgan fingerprint density at radius 2 is 1.79 bits per heavy atom. The second-order valence-corrected chi connectivity index (χ2v) is 11.7. The Bertz CT molecular complexity index is 1340. The van der Waals surface area contributed by atoms with Gasteiger partial charge >= 0.3 is 6.18 Å². The number of aromatic nitrogens is 1. The Hall–Kier alpha value is -2.64. The van der Waals surface area contributed by atoms with Crippen molar-refractivity contribution >= 4 is 28.3 Å². The number of piperazine rings is 1. The lowest BCUT2D eigenvalue weighted by atomic mass is 9.95. The lowest BCUT2D eigenvalue weighted by Gasteiger charge is -2.42. The van der Waals surface area contributed by atoms with Crippen molar-refractivity contribution < 1.29 is 26.7 Å². The molecule has 38 heavy (non-hydrogen) atoms. The van der Waals surface area contributed by atoms with Crippen LogP contribution in [0.2, 0.25) is 0 Å². The number of benzene rings is 2. The van der Waals surface area contributed by atoms with E-state index in [-0.39, 0.29) is 29.6 Å². The van der Waals surface area contributed by atoms with Crippen molar-refractivity contribution in [1.82, 2.24) is 14.6 Å². The first-order valence-corrected chi connectivity index (χ1v) is 13.8. The van der Waals surface area contributed by atoms with Crippen LogP contribution in [0.15, 0.2) is 82.8 Å². The van der Waals surface area contributed by atoms with Gasteiger partial charge in [-0.2, -0.15) is 17.5 Å². The summed E-state index contributed by atoms with van der Waals surface area (Å²) in [6, 6.07) is 15.5. The minimum atomic E-state index is -4.82. The zero-order valence-electron chi connectivity index (χ0n) is 20.6. The Morgan fingerprint density at radius 3 is 2.42 bits per heavy atom. The van der Waals surface area contributed by atoms with Gasteiger partial charge in [0.2, 0.25) is 10.0 Å². The number of halogens is 3. The summed E-state index contributed by atoms with van der Waals surface area (Å²) >= 11 is 4.32. The van der Waals surface area contributed by atoms with Crippen LogP contribution < -0.4 is 10.2 Å². The number of thiol groups is 1. The van der Waals surface area contributed by atoms with Gasteiger partial charge in [0.15, 0.2) is 5.60 Å². The number of nitrogens with one attached hydrogen (secondary N) is 1. The van der Waals surface area contributed by atoms with Crippen molar-refractivity contribution in [1.29, 1.82) is 0 Å². The van der Waals surface area contributed by atoms with E-state index in [2.05, 4.69) is 22.9 Å². The summed E-state index contributed by atoms with van der Waals surface area (Å²) in [4.78, 5) is 6.55. The molecule has 0 amide bonds. The number of alkyl halides is 3. The first-order chi connectivity index (χ1) is 17.9. The molecule has 1 fully saturated rings. The topological polar surface area (TPSA) is 85.8 Å². The van der Waals surface area contributed by atoms with Crippen LogP contribution in [0, 0.1) is 0 Å². The second kappa shape index (κ2) is 11.2. The smallest absolute Gasteiger partial charge is 0.376 e. The molecule has 2 N–H and O–H groups in total. The fourth-order valence-corrected chi connectivity index (χ4v) is 6.46. The number of sulfonamides is 1. The fraction of sp³-hybridized carbons (Fsp3) is 0.346. The van der Waals surface area contributed by atoms with Crippen LogP contribution in [0.25, 0.3) is 0 Å². The van der Waals surface area contributed by atoms with Gasteiger partial charge in [-0.1, -0.05) is 30.3 Å². The average molecular weight is 567 g/mol. The van der Waals surface area contributed by atoms with Crippen molar-refractivity contribution in [3.8, 4) is 0 Å². The summed E-state index contributed by atoms with van der Waals surface area (Å²) in [5, 5.41) is 13.4. The second-order valence-electron chi connectivity index (χ2n) is 9.29. The molecular weight excluding hydrogens is 537 g/mol. The molecule has 204 valence electrons. The highest BCUT2D eigenvalue weighted by Crippen LogP contribution is 2.39.